The standard InChI is InChI=1S/C9H20N4/c1-2-11-5-6-12-4-3-10-7-13(8-11)9-12/h10H,2-9H2,1H3. The summed E-state index contributed by atoms with van der Waals surface area (Å²) in [4.78, 5) is 7.52. The molecule has 0 aliphatic carbocycles. The van der Waals surface area contributed by atoms with Gasteiger partial charge in [0.15, 0.2) is 0 Å². The Morgan fingerprint density at radius 1 is 1.08 bits per heavy atom. The van der Waals surface area contributed by atoms with Gasteiger partial charge in [-0.15, -0.1) is 0 Å². The molecule has 0 aromatic rings. The SMILES string of the molecule is CCN1CCN2CCNCN(C1)C2. The van der Waals surface area contributed by atoms with Crippen molar-refractivity contribution in [1.29, 1.82) is 0 Å². The number of hydrogen-bond acceptors (Lipinski definition) is 4. The summed E-state index contributed by atoms with van der Waals surface area (Å²) in [6.07, 6.45) is 0. The molecule has 0 spiro atoms. The van der Waals surface area contributed by atoms with E-state index < -0.39 is 0 Å². The van der Waals surface area contributed by atoms with E-state index in [9.17, 15) is 0 Å². The Kier molecular flexibility index (Phi) is 3.16. The van der Waals surface area contributed by atoms with Crippen molar-refractivity contribution in [1.82, 2.24) is 20.0 Å². The van der Waals surface area contributed by atoms with Gasteiger partial charge in [-0.3, -0.25) is 14.7 Å². The molecule has 2 atom stereocenters. The minimum Gasteiger partial charge on any atom is -0.303 e. The van der Waals surface area contributed by atoms with E-state index in [-0.39, 0.29) is 0 Å². The Morgan fingerprint density at radius 2 is 2.00 bits per heavy atom. The number of hydrogen-bond donors (Lipinski definition) is 1. The second kappa shape index (κ2) is 4.37. The average Bonchev–Trinajstić information content (AvgIpc) is 2.49. The molecule has 2 rings (SSSR count). The lowest BCUT2D eigenvalue weighted by Crippen LogP contribution is -2.40. The summed E-state index contributed by atoms with van der Waals surface area (Å²) in [5.41, 5.74) is 0. The van der Waals surface area contributed by atoms with E-state index >= 15 is 0 Å². The summed E-state index contributed by atoms with van der Waals surface area (Å²) < 4.78 is 0. The minimum absolute atomic E-state index is 1.05. The molecule has 2 bridgehead atoms. The molecule has 2 unspecified atom stereocenters. The fraction of sp³-hybridized carbons (Fsp3) is 1.00. The van der Waals surface area contributed by atoms with E-state index in [1.54, 1.807) is 0 Å². The highest BCUT2D eigenvalue weighted by atomic mass is 15.5. The average molecular weight is 184 g/mol. The third kappa shape index (κ3) is 2.40. The van der Waals surface area contributed by atoms with Crippen molar-refractivity contribution in [2.45, 2.75) is 6.92 Å². The highest BCUT2D eigenvalue weighted by Gasteiger charge is 2.20. The van der Waals surface area contributed by atoms with Gasteiger partial charge in [0.1, 0.15) is 0 Å². The normalized spacial score (nSPS) is 36.7. The molecule has 13 heavy (non-hydrogen) atoms. The molecule has 2 fully saturated rings. The van der Waals surface area contributed by atoms with Gasteiger partial charge >= 0.3 is 0 Å². The number of likely N-dealkylation sites (N-methyl/N-ethyl adjacent to an activating group) is 1. The van der Waals surface area contributed by atoms with Crippen LogP contribution < -0.4 is 5.32 Å². The Balaban J connectivity index is 1.96. The van der Waals surface area contributed by atoms with Crippen LogP contribution in [0.25, 0.3) is 0 Å². The molecule has 0 saturated carbocycles. The van der Waals surface area contributed by atoms with Gasteiger partial charge in [0, 0.05) is 26.2 Å². The van der Waals surface area contributed by atoms with Gasteiger partial charge in [-0.2, -0.15) is 0 Å². The van der Waals surface area contributed by atoms with Gasteiger partial charge in [-0.05, 0) is 6.54 Å². The van der Waals surface area contributed by atoms with Crippen molar-refractivity contribution in [3.63, 3.8) is 0 Å². The molecule has 0 radical (unpaired) electrons. The van der Waals surface area contributed by atoms with Crippen LogP contribution in [0.2, 0.25) is 0 Å². The molecule has 2 heterocycles. The highest BCUT2D eigenvalue weighted by molar-refractivity contribution is 4.72. The first-order valence-corrected chi connectivity index (χ1v) is 5.26. The van der Waals surface area contributed by atoms with Crippen LogP contribution in [0.5, 0.6) is 0 Å². The zero-order valence-electron chi connectivity index (χ0n) is 8.50. The fourth-order valence-electron chi connectivity index (χ4n) is 2.05. The lowest BCUT2D eigenvalue weighted by Gasteiger charge is -2.25. The van der Waals surface area contributed by atoms with Crippen molar-refractivity contribution < 1.29 is 0 Å². The summed E-state index contributed by atoms with van der Waals surface area (Å²) in [5, 5.41) is 3.45. The summed E-state index contributed by atoms with van der Waals surface area (Å²) >= 11 is 0. The summed E-state index contributed by atoms with van der Waals surface area (Å²) in [5.74, 6) is 0. The van der Waals surface area contributed by atoms with Crippen LogP contribution in [0.4, 0.5) is 0 Å². The number of rotatable bonds is 1. The number of fused-ring (bicyclic) bond motifs is 2. The Labute approximate surface area is 80.5 Å². The predicted octanol–water partition coefficient (Wildman–Crippen LogP) is -0.598. The minimum atomic E-state index is 1.05. The second-order valence-electron chi connectivity index (χ2n) is 3.94. The van der Waals surface area contributed by atoms with Crippen LogP contribution >= 0.6 is 0 Å². The molecule has 0 aromatic carbocycles. The van der Waals surface area contributed by atoms with Crippen LogP contribution in [0.1, 0.15) is 6.92 Å². The van der Waals surface area contributed by atoms with Crippen LogP contribution in [0.3, 0.4) is 0 Å². The van der Waals surface area contributed by atoms with E-state index in [0.717, 1.165) is 26.6 Å². The summed E-state index contributed by atoms with van der Waals surface area (Å²) in [7, 11) is 0. The van der Waals surface area contributed by atoms with Gasteiger partial charge in [-0.1, -0.05) is 6.92 Å². The molecule has 4 nitrogen and oxygen atoms in total. The first-order valence-electron chi connectivity index (χ1n) is 5.26. The molecule has 2 saturated heterocycles. The Hall–Kier alpha value is -0.160. The largest absolute Gasteiger partial charge is 0.303 e. The van der Waals surface area contributed by atoms with E-state index in [4.69, 9.17) is 0 Å². The highest BCUT2D eigenvalue weighted by Crippen LogP contribution is 2.04. The third-order valence-electron chi connectivity index (χ3n) is 2.92. The zero-order valence-corrected chi connectivity index (χ0v) is 8.50. The van der Waals surface area contributed by atoms with Gasteiger partial charge in [0.2, 0.25) is 0 Å². The first kappa shape index (κ1) is 9.40. The number of nitrogens with zero attached hydrogens (tertiary/aromatic N) is 3. The molecular formula is C9H20N4. The second-order valence-corrected chi connectivity index (χ2v) is 3.94. The predicted molar refractivity (Wildman–Crippen MR) is 53.3 cm³/mol. The zero-order chi connectivity index (χ0) is 9.10. The smallest absolute Gasteiger partial charge is 0.0531 e. The molecule has 2 aliphatic rings. The van der Waals surface area contributed by atoms with Crippen molar-refractivity contribution in [2.75, 3.05) is 52.7 Å². The van der Waals surface area contributed by atoms with Crippen molar-refractivity contribution in [3.8, 4) is 0 Å². The maximum atomic E-state index is 3.45. The van der Waals surface area contributed by atoms with E-state index in [1.807, 2.05) is 0 Å². The van der Waals surface area contributed by atoms with Gasteiger partial charge < -0.3 is 5.32 Å². The van der Waals surface area contributed by atoms with Gasteiger partial charge in [0.25, 0.3) is 0 Å². The van der Waals surface area contributed by atoms with E-state index in [1.165, 1.54) is 26.2 Å². The quantitative estimate of drug-likeness (QED) is 0.587. The molecule has 2 aliphatic heterocycles. The molecule has 76 valence electrons. The lowest BCUT2D eigenvalue weighted by atomic mass is 10.4. The van der Waals surface area contributed by atoms with Crippen molar-refractivity contribution in [2.24, 2.45) is 0 Å². The van der Waals surface area contributed by atoms with Gasteiger partial charge in [-0.25, -0.2) is 0 Å². The summed E-state index contributed by atoms with van der Waals surface area (Å²) in [6.45, 7) is 11.5. The third-order valence-corrected chi connectivity index (χ3v) is 2.92. The van der Waals surface area contributed by atoms with Crippen molar-refractivity contribution >= 4 is 0 Å². The van der Waals surface area contributed by atoms with Crippen molar-refractivity contribution in [3.05, 3.63) is 0 Å². The van der Waals surface area contributed by atoms with Gasteiger partial charge in [0.05, 0.1) is 20.0 Å². The monoisotopic (exact) mass is 184 g/mol. The van der Waals surface area contributed by atoms with Crippen LogP contribution in [0.15, 0.2) is 0 Å². The molecule has 0 amide bonds. The first-order chi connectivity index (χ1) is 6.38. The molecule has 0 aromatic heterocycles. The maximum absolute atomic E-state index is 3.45. The topological polar surface area (TPSA) is 21.8 Å². The van der Waals surface area contributed by atoms with E-state index in [2.05, 4.69) is 26.9 Å². The van der Waals surface area contributed by atoms with E-state index in [0.29, 0.717) is 0 Å². The van der Waals surface area contributed by atoms with Crippen LogP contribution in [0, 0.1) is 0 Å². The maximum Gasteiger partial charge on any atom is 0.0531 e. The Morgan fingerprint density at radius 3 is 2.85 bits per heavy atom. The molecule has 4 heteroatoms. The van der Waals surface area contributed by atoms with Crippen LogP contribution in [-0.2, 0) is 0 Å². The molecular weight excluding hydrogens is 164 g/mol. The number of nitrogens with one attached hydrogen (secondary N) is 1. The fourth-order valence-corrected chi connectivity index (χ4v) is 2.05. The summed E-state index contributed by atoms with van der Waals surface area (Å²) in [6, 6.07) is 0. The Bertz CT molecular complexity index is 162. The van der Waals surface area contributed by atoms with Crippen LogP contribution in [-0.4, -0.2) is 67.4 Å². The lowest BCUT2D eigenvalue weighted by molar-refractivity contribution is 0.136. The molecule has 1 N–H and O–H groups in total.